The smallest absolute Gasteiger partial charge is 0.462 e. The number of ether oxygens (including phenoxy) is 2. The van der Waals surface area contributed by atoms with Crippen molar-refractivity contribution in [3.63, 3.8) is 0 Å². The molecule has 0 rings (SSSR count). The van der Waals surface area contributed by atoms with E-state index in [0.717, 1.165) is 51.4 Å². The number of unbranched alkanes of at least 4 members (excludes halogenated alkanes) is 19. The minimum atomic E-state index is -4.62. The summed E-state index contributed by atoms with van der Waals surface area (Å²) in [5.41, 5.74) is 0. The van der Waals surface area contributed by atoms with E-state index in [-0.39, 0.29) is 19.4 Å². The molecule has 0 aliphatic carbocycles. The number of phosphoric acid groups is 1. The van der Waals surface area contributed by atoms with E-state index in [1.54, 1.807) is 0 Å². The molecule has 10 nitrogen and oxygen atoms in total. The van der Waals surface area contributed by atoms with E-state index in [1.807, 2.05) is 0 Å². The molecule has 1 unspecified atom stereocenters. The fourth-order valence-corrected chi connectivity index (χ4v) is 6.32. The van der Waals surface area contributed by atoms with Crippen molar-refractivity contribution in [3.8, 4) is 0 Å². The molecule has 0 spiro atoms. The number of aliphatic hydroxyl groups excluding tert-OH is 2. The van der Waals surface area contributed by atoms with Gasteiger partial charge < -0.3 is 24.6 Å². The molecule has 0 heterocycles. The van der Waals surface area contributed by atoms with Gasteiger partial charge in [-0.1, -0.05) is 153 Å². The predicted molar refractivity (Wildman–Crippen MR) is 214 cm³/mol. The molecule has 0 aliphatic heterocycles. The van der Waals surface area contributed by atoms with Gasteiger partial charge in [0.15, 0.2) is 6.10 Å². The third kappa shape index (κ3) is 38.3. The number of aliphatic hydroxyl groups is 2. The summed E-state index contributed by atoms with van der Waals surface area (Å²) in [7, 11) is -4.62. The van der Waals surface area contributed by atoms with Crippen molar-refractivity contribution >= 4 is 19.8 Å². The summed E-state index contributed by atoms with van der Waals surface area (Å²) in [6, 6.07) is 0. The Hall–Kier alpha value is -1.81. The van der Waals surface area contributed by atoms with Crippen LogP contribution in [0.1, 0.15) is 181 Å². The van der Waals surface area contributed by atoms with Crippen LogP contribution in [-0.4, -0.2) is 65.7 Å². The highest BCUT2D eigenvalue weighted by Crippen LogP contribution is 2.43. The van der Waals surface area contributed by atoms with Crippen LogP contribution in [0.4, 0.5) is 0 Å². The van der Waals surface area contributed by atoms with E-state index in [2.05, 4.69) is 54.8 Å². The molecule has 0 radical (unpaired) electrons. The molecule has 3 N–H and O–H groups in total. The van der Waals surface area contributed by atoms with Crippen LogP contribution in [-0.2, 0) is 32.7 Å². The van der Waals surface area contributed by atoms with Gasteiger partial charge in [-0.3, -0.25) is 18.6 Å². The molecule has 53 heavy (non-hydrogen) atoms. The topological polar surface area (TPSA) is 149 Å². The lowest BCUT2D eigenvalue weighted by molar-refractivity contribution is -0.161. The first kappa shape index (κ1) is 51.2. The molecule has 0 aromatic rings. The lowest BCUT2D eigenvalue weighted by Crippen LogP contribution is -2.29. The highest BCUT2D eigenvalue weighted by Gasteiger charge is 2.27. The Bertz CT molecular complexity index is 983. The second-order valence-electron chi connectivity index (χ2n) is 14.0. The summed E-state index contributed by atoms with van der Waals surface area (Å²) in [6.07, 6.45) is 38.3. The largest absolute Gasteiger partial charge is 0.472 e. The predicted octanol–water partition coefficient (Wildman–Crippen LogP) is 10.8. The first-order valence-corrected chi connectivity index (χ1v) is 22.4. The average molecular weight is 773 g/mol. The number of rotatable bonds is 39. The first-order valence-electron chi connectivity index (χ1n) is 20.9. The van der Waals surface area contributed by atoms with Crippen molar-refractivity contribution in [2.75, 3.05) is 26.4 Å². The molecule has 0 aromatic heterocycles. The minimum Gasteiger partial charge on any atom is -0.462 e. The fourth-order valence-electron chi connectivity index (χ4n) is 5.53. The van der Waals surface area contributed by atoms with E-state index in [9.17, 15) is 24.2 Å². The Morgan fingerprint density at radius 3 is 1.51 bits per heavy atom. The van der Waals surface area contributed by atoms with Gasteiger partial charge in [-0.05, 0) is 51.4 Å². The van der Waals surface area contributed by atoms with E-state index >= 15 is 0 Å². The van der Waals surface area contributed by atoms with Crippen molar-refractivity contribution in [2.24, 2.45) is 0 Å². The zero-order valence-electron chi connectivity index (χ0n) is 33.5. The lowest BCUT2D eigenvalue weighted by atomic mass is 10.0. The van der Waals surface area contributed by atoms with Gasteiger partial charge in [0.05, 0.1) is 19.8 Å². The molecule has 3 atom stereocenters. The van der Waals surface area contributed by atoms with Gasteiger partial charge in [-0.15, -0.1) is 0 Å². The maximum absolute atomic E-state index is 12.6. The normalized spacial score (nSPS) is 14.3. The van der Waals surface area contributed by atoms with Crippen molar-refractivity contribution in [1.82, 2.24) is 0 Å². The van der Waals surface area contributed by atoms with Crippen LogP contribution in [0, 0.1) is 0 Å². The third-order valence-electron chi connectivity index (χ3n) is 8.80. The summed E-state index contributed by atoms with van der Waals surface area (Å²) >= 11 is 0. The van der Waals surface area contributed by atoms with Crippen LogP contribution in [0.3, 0.4) is 0 Å². The van der Waals surface area contributed by atoms with Crippen molar-refractivity contribution in [1.29, 1.82) is 0 Å². The molecular weight excluding hydrogens is 695 g/mol. The molecule has 0 fully saturated rings. The minimum absolute atomic E-state index is 0.137. The zero-order chi connectivity index (χ0) is 39.1. The Labute approximate surface area is 322 Å². The molecule has 0 saturated heterocycles. The highest BCUT2D eigenvalue weighted by molar-refractivity contribution is 7.47. The quantitative estimate of drug-likeness (QED) is 0.0238. The number of allylic oxidation sites excluding steroid dienone is 6. The summed E-state index contributed by atoms with van der Waals surface area (Å²) in [4.78, 5) is 34.9. The second kappa shape index (κ2) is 38.5. The fraction of sp³-hybridized carbons (Fsp3) is 0.810. The Morgan fingerprint density at radius 1 is 0.566 bits per heavy atom. The van der Waals surface area contributed by atoms with E-state index in [1.165, 1.54) is 89.9 Å². The monoisotopic (exact) mass is 773 g/mol. The molecule has 0 aromatic carbocycles. The van der Waals surface area contributed by atoms with E-state index in [4.69, 9.17) is 19.1 Å². The maximum Gasteiger partial charge on any atom is 0.472 e. The SMILES string of the molecule is CCCCC/C=C/C/C=C/C/C=C/CCCCC(=O)O[C@H](COC(=O)CCCCCCCCCCCCCCCCC)COP(=O)(O)OC[C@@H](O)CO. The highest BCUT2D eigenvalue weighted by atomic mass is 31.2. The van der Waals surface area contributed by atoms with Crippen molar-refractivity contribution in [2.45, 2.75) is 193 Å². The summed E-state index contributed by atoms with van der Waals surface area (Å²) in [5, 5.41) is 18.3. The zero-order valence-corrected chi connectivity index (χ0v) is 34.4. The van der Waals surface area contributed by atoms with Gasteiger partial charge in [0.2, 0.25) is 0 Å². The molecule has 310 valence electrons. The third-order valence-corrected chi connectivity index (χ3v) is 9.75. The number of carbonyl (C=O) groups excluding carboxylic acids is 2. The van der Waals surface area contributed by atoms with E-state index in [0.29, 0.717) is 12.8 Å². The standard InChI is InChI=1S/C42H77O10P/c1-3-5-7-9-11-13-15-17-19-21-23-25-27-29-31-33-41(45)49-37-40(38-51-53(47,48)50-36-39(44)35-43)52-42(46)34-32-30-28-26-24-22-20-18-16-14-12-10-8-6-4-2/h12,14,18,20,24,26,39-40,43-44H,3-11,13,15-17,19,21-23,25,27-38H2,1-2H3,(H,47,48)/b14-12+,20-18+,26-24+/t39-,40+/m0/s1. The van der Waals surface area contributed by atoms with E-state index < -0.39 is 51.8 Å². The van der Waals surface area contributed by atoms with Crippen LogP contribution >= 0.6 is 7.82 Å². The van der Waals surface area contributed by atoms with Crippen molar-refractivity contribution in [3.05, 3.63) is 36.5 Å². The number of hydrogen-bond donors (Lipinski definition) is 3. The lowest BCUT2D eigenvalue weighted by Gasteiger charge is -2.20. The Balaban J connectivity index is 4.37. The van der Waals surface area contributed by atoms with Crippen LogP contribution in [0.15, 0.2) is 36.5 Å². The molecule has 0 saturated carbocycles. The first-order chi connectivity index (χ1) is 25.7. The van der Waals surface area contributed by atoms with Crippen molar-refractivity contribution < 1.29 is 47.8 Å². The number of carbonyl (C=O) groups is 2. The van der Waals surface area contributed by atoms with Gasteiger partial charge in [-0.2, -0.15) is 0 Å². The Morgan fingerprint density at radius 2 is 0.981 bits per heavy atom. The summed E-state index contributed by atoms with van der Waals surface area (Å²) in [6.45, 7) is 2.31. The Kier molecular flexibility index (Phi) is 37.2. The maximum atomic E-state index is 12.6. The van der Waals surface area contributed by atoms with Crippen LogP contribution in [0.5, 0.6) is 0 Å². The molecule has 11 heteroatoms. The molecule has 0 bridgehead atoms. The van der Waals surface area contributed by atoms with Gasteiger partial charge in [0, 0.05) is 12.8 Å². The molecular formula is C42H77O10P. The summed E-state index contributed by atoms with van der Waals surface area (Å²) in [5.74, 6) is -0.966. The van der Waals surface area contributed by atoms with Crippen LogP contribution < -0.4 is 0 Å². The van der Waals surface area contributed by atoms with Gasteiger partial charge in [-0.25, -0.2) is 4.57 Å². The average Bonchev–Trinajstić information content (AvgIpc) is 3.14. The van der Waals surface area contributed by atoms with Crippen LogP contribution in [0.25, 0.3) is 0 Å². The molecule has 0 amide bonds. The van der Waals surface area contributed by atoms with Gasteiger partial charge in [0.1, 0.15) is 12.7 Å². The van der Waals surface area contributed by atoms with Gasteiger partial charge >= 0.3 is 19.8 Å². The summed E-state index contributed by atoms with van der Waals surface area (Å²) < 4.78 is 32.6. The second-order valence-corrected chi connectivity index (χ2v) is 15.5. The number of esters is 2. The van der Waals surface area contributed by atoms with Gasteiger partial charge in [0.25, 0.3) is 0 Å². The van der Waals surface area contributed by atoms with Crippen LogP contribution in [0.2, 0.25) is 0 Å². The number of hydrogen-bond acceptors (Lipinski definition) is 9. The number of phosphoric ester groups is 1. The molecule has 0 aliphatic rings.